The van der Waals surface area contributed by atoms with Gasteiger partial charge in [-0.15, -0.1) is 0 Å². The molecule has 1 unspecified atom stereocenters. The molecular weight excluding hydrogens is 306 g/mol. The van der Waals surface area contributed by atoms with Gasteiger partial charge in [0.15, 0.2) is 0 Å². The van der Waals surface area contributed by atoms with Gasteiger partial charge in [-0.3, -0.25) is 9.59 Å². The Morgan fingerprint density at radius 3 is 2.14 bits per heavy atom. The molecule has 1 aliphatic heterocycles. The van der Waals surface area contributed by atoms with Gasteiger partial charge < -0.3 is 4.74 Å². The number of Topliss-reactive ketones (excluding diaryl/α,β-unsaturated/α-hetero) is 1. The first-order chi connectivity index (χ1) is 9.92. The lowest BCUT2D eigenvalue weighted by molar-refractivity contribution is -0.160. The van der Waals surface area contributed by atoms with Crippen LogP contribution in [0.3, 0.4) is 0 Å². The van der Waals surface area contributed by atoms with E-state index in [1.54, 1.807) is 20.8 Å². The Labute approximate surface area is 133 Å². The normalized spacial score (nSPS) is 19.3. The lowest BCUT2D eigenvalue weighted by atomic mass is 9.98. The van der Waals surface area contributed by atoms with Gasteiger partial charge in [0.25, 0.3) is 0 Å². The fraction of sp³-hybridized carbons (Fsp3) is 0.867. The van der Waals surface area contributed by atoms with E-state index >= 15 is 0 Å². The number of carbonyl (C=O) groups is 2. The van der Waals surface area contributed by atoms with Gasteiger partial charge in [0.2, 0.25) is 10.0 Å². The fourth-order valence-corrected chi connectivity index (χ4v) is 4.18. The highest BCUT2D eigenvalue weighted by Crippen LogP contribution is 2.22. The summed E-state index contributed by atoms with van der Waals surface area (Å²) in [4.78, 5) is 23.5. The van der Waals surface area contributed by atoms with Crippen LogP contribution in [0.1, 0.15) is 47.5 Å². The molecule has 0 N–H and O–H groups in total. The minimum Gasteiger partial charge on any atom is -0.460 e. The molecule has 128 valence electrons. The van der Waals surface area contributed by atoms with Gasteiger partial charge in [-0.05, 0) is 26.7 Å². The highest BCUT2D eigenvalue weighted by molar-refractivity contribution is 7.89. The van der Waals surface area contributed by atoms with Crippen LogP contribution >= 0.6 is 0 Å². The van der Waals surface area contributed by atoms with E-state index in [1.165, 1.54) is 4.31 Å². The number of piperidine rings is 1. The van der Waals surface area contributed by atoms with Gasteiger partial charge in [0.1, 0.15) is 11.4 Å². The summed E-state index contributed by atoms with van der Waals surface area (Å²) in [6, 6.07) is 0. The van der Waals surface area contributed by atoms with Crippen molar-refractivity contribution >= 4 is 21.8 Å². The molecule has 1 fully saturated rings. The van der Waals surface area contributed by atoms with E-state index < -0.39 is 27.5 Å². The third kappa shape index (κ3) is 5.68. The maximum atomic E-state index is 12.5. The average molecular weight is 333 g/mol. The number of hydrogen-bond acceptors (Lipinski definition) is 5. The minimum absolute atomic E-state index is 0.0824. The molecule has 0 aromatic rings. The van der Waals surface area contributed by atoms with Crippen molar-refractivity contribution in [2.75, 3.05) is 18.8 Å². The zero-order valence-electron chi connectivity index (χ0n) is 14.1. The molecule has 1 heterocycles. The first-order valence-corrected chi connectivity index (χ1v) is 9.25. The van der Waals surface area contributed by atoms with E-state index in [9.17, 15) is 18.0 Å². The minimum atomic E-state index is -3.57. The van der Waals surface area contributed by atoms with E-state index in [0.29, 0.717) is 0 Å². The molecule has 0 spiro atoms. The summed E-state index contributed by atoms with van der Waals surface area (Å²) in [6.45, 7) is 9.31. The Morgan fingerprint density at radius 2 is 1.73 bits per heavy atom. The van der Waals surface area contributed by atoms with Gasteiger partial charge in [-0.1, -0.05) is 13.8 Å². The van der Waals surface area contributed by atoms with Crippen LogP contribution in [-0.4, -0.2) is 48.9 Å². The van der Waals surface area contributed by atoms with Crippen molar-refractivity contribution in [3.63, 3.8) is 0 Å². The Morgan fingerprint density at radius 1 is 1.23 bits per heavy atom. The second-order valence-electron chi connectivity index (χ2n) is 7.10. The Kier molecular flexibility index (Phi) is 6.15. The van der Waals surface area contributed by atoms with E-state index in [1.807, 2.05) is 13.8 Å². The van der Waals surface area contributed by atoms with Crippen molar-refractivity contribution in [1.29, 1.82) is 0 Å². The third-order valence-corrected chi connectivity index (χ3v) is 5.51. The third-order valence-electron chi connectivity index (χ3n) is 3.58. The molecular formula is C15H27NO5S. The molecule has 0 aromatic heterocycles. The van der Waals surface area contributed by atoms with E-state index in [4.69, 9.17) is 4.74 Å². The van der Waals surface area contributed by atoms with Crippen LogP contribution in [0.25, 0.3) is 0 Å². The zero-order valence-corrected chi connectivity index (χ0v) is 14.9. The quantitative estimate of drug-likeness (QED) is 0.714. The standard InChI is InChI=1S/C15H27NO5S/c1-11(2)13(14(18)21-15(3,4)5)10-22(19,20)16-8-6-12(17)7-9-16/h11,13H,6-10H2,1-5H3. The molecule has 1 atom stereocenters. The first-order valence-electron chi connectivity index (χ1n) is 7.65. The van der Waals surface area contributed by atoms with Crippen molar-refractivity contribution < 1.29 is 22.7 Å². The van der Waals surface area contributed by atoms with Crippen molar-refractivity contribution in [2.45, 2.75) is 53.1 Å². The number of esters is 1. The Bertz CT molecular complexity index is 509. The summed E-state index contributed by atoms with van der Waals surface area (Å²) in [5.41, 5.74) is -0.647. The second kappa shape index (κ2) is 7.08. The Balaban J connectivity index is 2.81. The van der Waals surface area contributed by atoms with Crippen LogP contribution < -0.4 is 0 Å². The van der Waals surface area contributed by atoms with E-state index in [0.717, 1.165) is 0 Å². The van der Waals surface area contributed by atoms with Crippen molar-refractivity contribution in [3.05, 3.63) is 0 Å². The topological polar surface area (TPSA) is 80.8 Å². The van der Waals surface area contributed by atoms with Gasteiger partial charge in [0, 0.05) is 25.9 Å². The largest absolute Gasteiger partial charge is 0.460 e. The van der Waals surface area contributed by atoms with Gasteiger partial charge in [0.05, 0.1) is 11.7 Å². The van der Waals surface area contributed by atoms with Gasteiger partial charge in [-0.25, -0.2) is 12.7 Å². The van der Waals surface area contributed by atoms with Crippen LogP contribution in [0.15, 0.2) is 0 Å². The second-order valence-corrected chi connectivity index (χ2v) is 9.11. The highest BCUT2D eigenvalue weighted by atomic mass is 32.2. The number of ketones is 1. The number of carbonyl (C=O) groups excluding carboxylic acids is 2. The van der Waals surface area contributed by atoms with E-state index in [2.05, 4.69) is 0 Å². The summed E-state index contributed by atoms with van der Waals surface area (Å²) in [6.07, 6.45) is 0.496. The zero-order chi connectivity index (χ0) is 17.1. The predicted octanol–water partition coefficient (Wildman–Crippen LogP) is 1.59. The summed E-state index contributed by atoms with van der Waals surface area (Å²) in [5.74, 6) is -1.52. The van der Waals surface area contributed by atoms with Crippen molar-refractivity contribution in [2.24, 2.45) is 11.8 Å². The van der Waals surface area contributed by atoms with Gasteiger partial charge >= 0.3 is 5.97 Å². The molecule has 1 rings (SSSR count). The molecule has 1 saturated heterocycles. The number of sulfonamides is 1. The van der Waals surface area contributed by atoms with Crippen molar-refractivity contribution in [3.8, 4) is 0 Å². The number of rotatable bonds is 5. The first kappa shape index (κ1) is 19.1. The monoisotopic (exact) mass is 333 g/mol. The summed E-state index contributed by atoms with van der Waals surface area (Å²) in [7, 11) is -3.57. The van der Waals surface area contributed by atoms with Crippen molar-refractivity contribution in [1.82, 2.24) is 4.31 Å². The lowest BCUT2D eigenvalue weighted by Crippen LogP contribution is -2.44. The molecule has 1 aliphatic rings. The summed E-state index contributed by atoms with van der Waals surface area (Å²) >= 11 is 0. The Hall–Kier alpha value is -0.950. The molecule has 0 aromatic carbocycles. The highest BCUT2D eigenvalue weighted by Gasteiger charge is 2.35. The van der Waals surface area contributed by atoms with Crippen LogP contribution in [0.4, 0.5) is 0 Å². The van der Waals surface area contributed by atoms with Crippen LogP contribution in [0.5, 0.6) is 0 Å². The maximum Gasteiger partial charge on any atom is 0.310 e. The number of nitrogens with zero attached hydrogens (tertiary/aromatic N) is 1. The molecule has 7 heteroatoms. The molecule has 0 radical (unpaired) electrons. The molecule has 22 heavy (non-hydrogen) atoms. The summed E-state index contributed by atoms with van der Waals surface area (Å²) in [5, 5.41) is 0. The molecule has 0 aliphatic carbocycles. The van der Waals surface area contributed by atoms with E-state index in [-0.39, 0.29) is 43.4 Å². The maximum absolute atomic E-state index is 12.5. The SMILES string of the molecule is CC(C)C(CS(=O)(=O)N1CCC(=O)CC1)C(=O)OC(C)(C)C. The number of ether oxygens (including phenoxy) is 1. The fourth-order valence-electron chi connectivity index (χ4n) is 2.26. The number of hydrogen-bond donors (Lipinski definition) is 0. The smallest absolute Gasteiger partial charge is 0.310 e. The molecule has 0 amide bonds. The van der Waals surface area contributed by atoms with Crippen LogP contribution in [-0.2, 0) is 24.3 Å². The molecule has 0 bridgehead atoms. The molecule has 0 saturated carbocycles. The van der Waals surface area contributed by atoms with Crippen LogP contribution in [0, 0.1) is 11.8 Å². The summed E-state index contributed by atoms with van der Waals surface area (Å²) < 4.78 is 31.6. The molecule has 6 nitrogen and oxygen atoms in total. The predicted molar refractivity (Wildman–Crippen MR) is 83.8 cm³/mol. The van der Waals surface area contributed by atoms with Gasteiger partial charge in [-0.2, -0.15) is 0 Å². The lowest BCUT2D eigenvalue weighted by Gasteiger charge is -2.29. The van der Waals surface area contributed by atoms with Crippen LogP contribution in [0.2, 0.25) is 0 Å². The average Bonchev–Trinajstić information content (AvgIpc) is 2.34.